The minimum Gasteiger partial charge on any atom is -0.316 e. The van der Waals surface area contributed by atoms with E-state index in [4.69, 9.17) is 0 Å². The predicted molar refractivity (Wildman–Crippen MR) is 91.6 cm³/mol. The van der Waals surface area contributed by atoms with Gasteiger partial charge in [0.1, 0.15) is 0 Å². The smallest absolute Gasteiger partial charge is 0.0345 e. The summed E-state index contributed by atoms with van der Waals surface area (Å²) in [6.45, 7) is 11.6. The lowest BCUT2D eigenvalue weighted by molar-refractivity contribution is 0.208. The van der Waals surface area contributed by atoms with Gasteiger partial charge in [0.2, 0.25) is 0 Å². The van der Waals surface area contributed by atoms with Gasteiger partial charge in [-0.2, -0.15) is 0 Å². The Morgan fingerprint density at radius 3 is 2.70 bits per heavy atom. The van der Waals surface area contributed by atoms with Crippen molar-refractivity contribution in [2.45, 2.75) is 40.5 Å². The molecule has 0 aliphatic heterocycles. The lowest BCUT2D eigenvalue weighted by Crippen LogP contribution is -2.38. The molecule has 0 spiro atoms. The summed E-state index contributed by atoms with van der Waals surface area (Å²) in [7, 11) is 0. The summed E-state index contributed by atoms with van der Waals surface area (Å²) in [6, 6.07) is 8.78. The number of fused-ring (bicyclic) bond motifs is 1. The van der Waals surface area contributed by atoms with Crippen LogP contribution < -0.4 is 5.32 Å². The van der Waals surface area contributed by atoms with Crippen LogP contribution in [0, 0.1) is 11.3 Å². The van der Waals surface area contributed by atoms with Gasteiger partial charge in [0.15, 0.2) is 0 Å². The molecule has 2 rings (SSSR count). The molecule has 0 saturated heterocycles. The molecule has 1 atom stereocenters. The van der Waals surface area contributed by atoms with Crippen LogP contribution in [-0.2, 0) is 6.42 Å². The Hall–Kier alpha value is -0.860. The Balaban J connectivity index is 2.19. The van der Waals surface area contributed by atoms with Crippen molar-refractivity contribution in [3.8, 4) is 0 Å². The zero-order valence-corrected chi connectivity index (χ0v) is 14.0. The fourth-order valence-electron chi connectivity index (χ4n) is 2.63. The Morgan fingerprint density at radius 2 is 2.00 bits per heavy atom. The SMILES string of the molecule is CCCNCC(C)(Cc1csc2ccccc12)C(C)C. The van der Waals surface area contributed by atoms with Crippen molar-refractivity contribution in [1.82, 2.24) is 5.32 Å². The third-order valence-electron chi connectivity index (χ3n) is 4.50. The van der Waals surface area contributed by atoms with Crippen LogP contribution in [0.2, 0.25) is 0 Å². The van der Waals surface area contributed by atoms with Gasteiger partial charge in [-0.25, -0.2) is 0 Å². The van der Waals surface area contributed by atoms with Crippen LogP contribution in [0.3, 0.4) is 0 Å². The van der Waals surface area contributed by atoms with Gasteiger partial charge in [-0.1, -0.05) is 45.9 Å². The Labute approximate surface area is 127 Å². The molecule has 0 bridgehead atoms. The molecule has 2 heteroatoms. The average molecular weight is 289 g/mol. The molecule has 0 amide bonds. The zero-order chi connectivity index (χ0) is 14.6. The highest BCUT2D eigenvalue weighted by molar-refractivity contribution is 7.17. The second kappa shape index (κ2) is 6.73. The quantitative estimate of drug-likeness (QED) is 0.699. The van der Waals surface area contributed by atoms with Crippen molar-refractivity contribution in [2.75, 3.05) is 13.1 Å². The Morgan fingerprint density at radius 1 is 1.25 bits per heavy atom. The molecule has 1 aromatic heterocycles. The van der Waals surface area contributed by atoms with Crippen molar-refractivity contribution >= 4 is 21.4 Å². The average Bonchev–Trinajstić information content (AvgIpc) is 2.82. The third kappa shape index (κ3) is 3.42. The van der Waals surface area contributed by atoms with Gasteiger partial charge in [0, 0.05) is 11.2 Å². The topological polar surface area (TPSA) is 12.0 Å². The van der Waals surface area contributed by atoms with Crippen molar-refractivity contribution in [2.24, 2.45) is 11.3 Å². The van der Waals surface area contributed by atoms with E-state index in [9.17, 15) is 0 Å². The van der Waals surface area contributed by atoms with Gasteiger partial charge in [0.25, 0.3) is 0 Å². The van der Waals surface area contributed by atoms with Crippen LogP contribution in [0.15, 0.2) is 29.6 Å². The fourth-order valence-corrected chi connectivity index (χ4v) is 3.59. The molecule has 0 radical (unpaired) electrons. The first-order valence-electron chi connectivity index (χ1n) is 7.72. The second-order valence-electron chi connectivity index (χ2n) is 6.42. The standard InChI is InChI=1S/C18H27NS/c1-5-10-19-13-18(4,14(2)3)11-15-12-20-17-9-7-6-8-16(15)17/h6-9,12,14,19H,5,10-11,13H2,1-4H3. The van der Waals surface area contributed by atoms with Gasteiger partial charge in [-0.15, -0.1) is 11.3 Å². The highest BCUT2D eigenvalue weighted by Gasteiger charge is 2.29. The zero-order valence-electron chi connectivity index (χ0n) is 13.2. The summed E-state index contributed by atoms with van der Waals surface area (Å²) in [5.74, 6) is 0.672. The molecule has 0 saturated carbocycles. The number of benzene rings is 1. The van der Waals surface area contributed by atoms with Crippen LogP contribution in [0.25, 0.3) is 10.1 Å². The summed E-state index contributed by atoms with van der Waals surface area (Å²) in [6.07, 6.45) is 2.36. The fraction of sp³-hybridized carbons (Fsp3) is 0.556. The van der Waals surface area contributed by atoms with Crippen molar-refractivity contribution in [1.29, 1.82) is 0 Å². The van der Waals surface area contributed by atoms with Crippen molar-refractivity contribution in [3.63, 3.8) is 0 Å². The summed E-state index contributed by atoms with van der Waals surface area (Å²) in [5.41, 5.74) is 1.83. The predicted octanol–water partition coefficient (Wildman–Crippen LogP) is 5.11. The van der Waals surface area contributed by atoms with Gasteiger partial charge < -0.3 is 5.32 Å². The molecular weight excluding hydrogens is 262 g/mol. The Bertz CT molecular complexity index is 543. The molecule has 1 aromatic carbocycles. The maximum Gasteiger partial charge on any atom is 0.0345 e. The van der Waals surface area contributed by atoms with Crippen LogP contribution in [0.4, 0.5) is 0 Å². The summed E-state index contributed by atoms with van der Waals surface area (Å²) in [4.78, 5) is 0. The number of thiophene rings is 1. The van der Waals surface area contributed by atoms with Gasteiger partial charge in [0.05, 0.1) is 0 Å². The lowest BCUT2D eigenvalue weighted by Gasteiger charge is -2.34. The number of rotatable bonds is 7. The molecule has 2 aromatic rings. The maximum absolute atomic E-state index is 3.62. The van der Waals surface area contributed by atoms with E-state index >= 15 is 0 Å². The summed E-state index contributed by atoms with van der Waals surface area (Å²) in [5, 5.41) is 7.42. The molecule has 110 valence electrons. The molecule has 1 nitrogen and oxygen atoms in total. The molecule has 20 heavy (non-hydrogen) atoms. The van der Waals surface area contributed by atoms with Crippen LogP contribution in [0.1, 0.15) is 39.7 Å². The van der Waals surface area contributed by atoms with Crippen LogP contribution >= 0.6 is 11.3 Å². The summed E-state index contributed by atoms with van der Waals surface area (Å²) < 4.78 is 1.41. The van der Waals surface area contributed by atoms with E-state index in [1.165, 1.54) is 22.1 Å². The van der Waals surface area contributed by atoms with E-state index in [0.717, 1.165) is 19.5 Å². The molecule has 1 N–H and O–H groups in total. The number of hydrogen-bond acceptors (Lipinski definition) is 2. The second-order valence-corrected chi connectivity index (χ2v) is 7.33. The minimum atomic E-state index is 0.318. The first-order valence-corrected chi connectivity index (χ1v) is 8.60. The molecule has 0 aliphatic carbocycles. The largest absolute Gasteiger partial charge is 0.316 e. The molecular formula is C18H27NS. The van der Waals surface area contributed by atoms with E-state index < -0.39 is 0 Å². The molecule has 1 unspecified atom stereocenters. The maximum atomic E-state index is 3.62. The molecule has 0 aliphatic rings. The van der Waals surface area contributed by atoms with Crippen molar-refractivity contribution in [3.05, 3.63) is 35.2 Å². The third-order valence-corrected chi connectivity index (χ3v) is 5.52. The first-order chi connectivity index (χ1) is 9.57. The Kier molecular flexibility index (Phi) is 5.22. The first kappa shape index (κ1) is 15.5. The van der Waals surface area contributed by atoms with E-state index in [0.29, 0.717) is 11.3 Å². The molecule has 1 heterocycles. The normalized spacial score (nSPS) is 14.8. The number of nitrogens with one attached hydrogen (secondary N) is 1. The number of hydrogen-bond donors (Lipinski definition) is 1. The molecule has 0 fully saturated rings. The van der Waals surface area contributed by atoms with Gasteiger partial charge >= 0.3 is 0 Å². The van der Waals surface area contributed by atoms with Crippen molar-refractivity contribution < 1.29 is 0 Å². The minimum absolute atomic E-state index is 0.318. The van der Waals surface area contributed by atoms with E-state index in [-0.39, 0.29) is 0 Å². The van der Waals surface area contributed by atoms with E-state index in [1.807, 2.05) is 11.3 Å². The summed E-state index contributed by atoms with van der Waals surface area (Å²) >= 11 is 1.87. The monoisotopic (exact) mass is 289 g/mol. The lowest BCUT2D eigenvalue weighted by atomic mass is 9.74. The van der Waals surface area contributed by atoms with E-state index in [2.05, 4.69) is 62.7 Å². The highest BCUT2D eigenvalue weighted by Crippen LogP contribution is 2.35. The van der Waals surface area contributed by atoms with E-state index in [1.54, 1.807) is 0 Å². The van der Waals surface area contributed by atoms with Crippen LogP contribution in [0.5, 0.6) is 0 Å². The highest BCUT2D eigenvalue weighted by atomic mass is 32.1. The van der Waals surface area contributed by atoms with Crippen LogP contribution in [-0.4, -0.2) is 13.1 Å². The van der Waals surface area contributed by atoms with Gasteiger partial charge in [-0.05, 0) is 53.1 Å². The van der Waals surface area contributed by atoms with Gasteiger partial charge in [-0.3, -0.25) is 0 Å².